The van der Waals surface area contributed by atoms with Crippen LogP contribution in [0.3, 0.4) is 0 Å². The van der Waals surface area contributed by atoms with Crippen molar-refractivity contribution in [3.8, 4) is 17.2 Å². The molecule has 0 radical (unpaired) electrons. The van der Waals surface area contributed by atoms with Crippen molar-refractivity contribution >= 4 is 5.69 Å². The minimum atomic E-state index is 0.738. The Labute approximate surface area is 160 Å². The summed E-state index contributed by atoms with van der Waals surface area (Å²) in [6.07, 6.45) is 3.40. The molecule has 0 saturated heterocycles. The lowest BCUT2D eigenvalue weighted by Crippen LogP contribution is -2.18. The van der Waals surface area contributed by atoms with Gasteiger partial charge in [-0.05, 0) is 49.1 Å². The summed E-state index contributed by atoms with van der Waals surface area (Å²) >= 11 is 0. The van der Waals surface area contributed by atoms with Crippen molar-refractivity contribution in [1.29, 1.82) is 0 Å². The van der Waals surface area contributed by atoms with Crippen LogP contribution in [-0.2, 0) is 19.4 Å². The average Bonchev–Trinajstić information content (AvgIpc) is 3.32. The van der Waals surface area contributed by atoms with Gasteiger partial charge in [0.05, 0.1) is 32.1 Å². The topological polar surface area (TPSA) is 39.5 Å². The molecule has 0 N–H and O–H groups in total. The third-order valence-electron chi connectivity index (χ3n) is 5.21. The van der Waals surface area contributed by atoms with Gasteiger partial charge in [-0.15, -0.1) is 0 Å². The maximum atomic E-state index is 5.44. The molecule has 2 aromatic carbocycles. The van der Waals surface area contributed by atoms with Crippen LogP contribution in [0.2, 0.25) is 0 Å². The Balaban J connectivity index is 1.63. The molecule has 1 aliphatic carbocycles. The Kier molecular flexibility index (Phi) is 4.75. The Hall–Kier alpha value is -2.95. The molecule has 0 atom stereocenters. The normalized spacial score (nSPS) is 12.7. The predicted octanol–water partition coefficient (Wildman–Crippen LogP) is 4.01. The van der Waals surface area contributed by atoms with E-state index in [2.05, 4.69) is 47.0 Å². The van der Waals surface area contributed by atoms with Gasteiger partial charge in [0, 0.05) is 24.5 Å². The van der Waals surface area contributed by atoms with Crippen LogP contribution in [0.15, 0.2) is 48.5 Å². The number of anilines is 1. The first-order valence-electron chi connectivity index (χ1n) is 9.29. The van der Waals surface area contributed by atoms with Crippen LogP contribution in [0.1, 0.15) is 23.4 Å². The summed E-state index contributed by atoms with van der Waals surface area (Å²) in [5.74, 6) is 1.48. The van der Waals surface area contributed by atoms with E-state index >= 15 is 0 Å². The SMILES string of the molecule is COc1ccc(N(C)Cc2nn(-c3ccccc3)c3c2CCC3)cc1OC. The predicted molar refractivity (Wildman–Crippen MR) is 107 cm³/mol. The molecule has 0 aliphatic heterocycles. The highest BCUT2D eigenvalue weighted by atomic mass is 16.5. The van der Waals surface area contributed by atoms with Crippen LogP contribution in [0.5, 0.6) is 11.5 Å². The number of rotatable bonds is 6. The summed E-state index contributed by atoms with van der Waals surface area (Å²) in [6, 6.07) is 16.4. The van der Waals surface area contributed by atoms with Crippen LogP contribution < -0.4 is 14.4 Å². The quantitative estimate of drug-likeness (QED) is 0.663. The molecule has 1 aliphatic rings. The van der Waals surface area contributed by atoms with Gasteiger partial charge < -0.3 is 14.4 Å². The number of benzene rings is 2. The Morgan fingerprint density at radius 2 is 1.78 bits per heavy atom. The number of ether oxygens (including phenoxy) is 2. The van der Waals surface area contributed by atoms with E-state index in [0.29, 0.717) is 0 Å². The maximum Gasteiger partial charge on any atom is 0.162 e. The van der Waals surface area contributed by atoms with Gasteiger partial charge >= 0.3 is 0 Å². The molecule has 4 rings (SSSR count). The summed E-state index contributed by atoms with van der Waals surface area (Å²) < 4.78 is 12.9. The molecular weight excluding hydrogens is 338 g/mol. The number of methoxy groups -OCH3 is 2. The van der Waals surface area contributed by atoms with Crippen LogP contribution in [0.4, 0.5) is 5.69 Å². The Morgan fingerprint density at radius 3 is 2.52 bits per heavy atom. The summed E-state index contributed by atoms with van der Waals surface area (Å²) in [7, 11) is 5.40. The first-order chi connectivity index (χ1) is 13.2. The fraction of sp³-hybridized carbons (Fsp3) is 0.318. The van der Waals surface area contributed by atoms with Crippen molar-refractivity contribution in [2.45, 2.75) is 25.8 Å². The molecule has 140 valence electrons. The molecular formula is C22H25N3O2. The fourth-order valence-electron chi connectivity index (χ4n) is 3.80. The monoisotopic (exact) mass is 363 g/mol. The summed E-state index contributed by atoms with van der Waals surface area (Å²) in [6.45, 7) is 0.762. The van der Waals surface area contributed by atoms with E-state index in [1.807, 2.05) is 18.2 Å². The van der Waals surface area contributed by atoms with E-state index in [1.54, 1.807) is 14.2 Å². The van der Waals surface area contributed by atoms with Crippen molar-refractivity contribution < 1.29 is 9.47 Å². The van der Waals surface area contributed by atoms with Gasteiger partial charge in [0.25, 0.3) is 0 Å². The first-order valence-corrected chi connectivity index (χ1v) is 9.29. The molecule has 0 saturated carbocycles. The Bertz CT molecular complexity index is 934. The average molecular weight is 363 g/mol. The highest BCUT2D eigenvalue weighted by molar-refractivity contribution is 5.56. The largest absolute Gasteiger partial charge is 0.493 e. The number of aromatic nitrogens is 2. The molecule has 27 heavy (non-hydrogen) atoms. The second kappa shape index (κ2) is 7.35. The number of nitrogens with zero attached hydrogens (tertiary/aromatic N) is 3. The fourth-order valence-corrected chi connectivity index (χ4v) is 3.80. The highest BCUT2D eigenvalue weighted by Gasteiger charge is 2.24. The third kappa shape index (κ3) is 3.25. The second-order valence-electron chi connectivity index (χ2n) is 6.87. The molecule has 3 aromatic rings. The third-order valence-corrected chi connectivity index (χ3v) is 5.21. The van der Waals surface area contributed by atoms with E-state index in [-0.39, 0.29) is 0 Å². The minimum absolute atomic E-state index is 0.738. The molecule has 1 heterocycles. The van der Waals surface area contributed by atoms with Crippen LogP contribution in [0.25, 0.3) is 5.69 Å². The number of fused-ring (bicyclic) bond motifs is 1. The lowest BCUT2D eigenvalue weighted by molar-refractivity contribution is 0.355. The van der Waals surface area contributed by atoms with Crippen molar-refractivity contribution in [3.63, 3.8) is 0 Å². The van der Waals surface area contributed by atoms with Crippen molar-refractivity contribution in [2.24, 2.45) is 0 Å². The molecule has 0 fully saturated rings. The van der Waals surface area contributed by atoms with Gasteiger partial charge in [0.2, 0.25) is 0 Å². The van der Waals surface area contributed by atoms with Gasteiger partial charge in [0.1, 0.15) is 0 Å². The summed E-state index contributed by atoms with van der Waals surface area (Å²) in [5, 5.41) is 4.96. The lowest BCUT2D eigenvalue weighted by Gasteiger charge is -2.20. The van der Waals surface area contributed by atoms with Crippen molar-refractivity contribution in [2.75, 3.05) is 26.2 Å². The molecule has 5 heteroatoms. The Morgan fingerprint density at radius 1 is 1.00 bits per heavy atom. The van der Waals surface area contributed by atoms with E-state index in [1.165, 1.54) is 17.7 Å². The molecule has 5 nitrogen and oxygen atoms in total. The number of para-hydroxylation sites is 1. The van der Waals surface area contributed by atoms with Crippen LogP contribution in [0, 0.1) is 0 Å². The van der Waals surface area contributed by atoms with Gasteiger partial charge in [-0.3, -0.25) is 0 Å². The highest BCUT2D eigenvalue weighted by Crippen LogP contribution is 2.33. The van der Waals surface area contributed by atoms with Crippen molar-refractivity contribution in [1.82, 2.24) is 9.78 Å². The van der Waals surface area contributed by atoms with Crippen LogP contribution in [-0.4, -0.2) is 31.0 Å². The first kappa shape index (κ1) is 17.5. The zero-order valence-corrected chi connectivity index (χ0v) is 16.1. The minimum Gasteiger partial charge on any atom is -0.493 e. The van der Waals surface area contributed by atoms with Gasteiger partial charge in [-0.2, -0.15) is 5.10 Å². The summed E-state index contributed by atoms with van der Waals surface area (Å²) in [4.78, 5) is 2.21. The van der Waals surface area contributed by atoms with E-state index in [9.17, 15) is 0 Å². The van der Waals surface area contributed by atoms with Gasteiger partial charge in [-0.1, -0.05) is 18.2 Å². The molecule has 0 bridgehead atoms. The van der Waals surface area contributed by atoms with E-state index in [0.717, 1.165) is 48.0 Å². The molecule has 1 aromatic heterocycles. The van der Waals surface area contributed by atoms with Crippen molar-refractivity contribution in [3.05, 3.63) is 65.5 Å². The summed E-state index contributed by atoms with van der Waals surface area (Å²) in [5.41, 5.74) is 6.14. The second-order valence-corrected chi connectivity index (χ2v) is 6.87. The molecule has 0 amide bonds. The maximum absolute atomic E-state index is 5.44. The molecule has 0 unspecified atom stereocenters. The zero-order valence-electron chi connectivity index (χ0n) is 16.1. The lowest BCUT2D eigenvalue weighted by atomic mass is 10.2. The zero-order chi connectivity index (χ0) is 18.8. The van der Waals surface area contributed by atoms with E-state index in [4.69, 9.17) is 14.6 Å². The number of hydrogen-bond donors (Lipinski definition) is 0. The standard InChI is InChI=1S/C22H25N3O2/c1-24(17-12-13-21(26-2)22(14-17)27-3)15-19-18-10-7-11-20(18)25(23-19)16-8-5-4-6-9-16/h4-6,8-9,12-14H,7,10-11,15H2,1-3H3. The molecule has 0 spiro atoms. The van der Waals surface area contributed by atoms with Gasteiger partial charge in [-0.25, -0.2) is 4.68 Å². The van der Waals surface area contributed by atoms with E-state index < -0.39 is 0 Å². The van der Waals surface area contributed by atoms with Crippen LogP contribution >= 0.6 is 0 Å². The van der Waals surface area contributed by atoms with Gasteiger partial charge in [0.15, 0.2) is 11.5 Å². The smallest absolute Gasteiger partial charge is 0.162 e. The number of hydrogen-bond acceptors (Lipinski definition) is 4.